The molecule has 2 unspecified atom stereocenters. The van der Waals surface area contributed by atoms with Crippen molar-refractivity contribution in [3.8, 4) is 0 Å². The smallest absolute Gasteiger partial charge is 0.221 e. The second kappa shape index (κ2) is 4.41. The maximum Gasteiger partial charge on any atom is 0.221 e. The van der Waals surface area contributed by atoms with E-state index in [1.807, 2.05) is 0 Å². The van der Waals surface area contributed by atoms with Gasteiger partial charge in [-0.15, -0.1) is 0 Å². The van der Waals surface area contributed by atoms with Gasteiger partial charge in [0, 0.05) is 12.1 Å². The van der Waals surface area contributed by atoms with Crippen LogP contribution >= 0.6 is 0 Å². The van der Waals surface area contributed by atoms with Gasteiger partial charge in [-0.2, -0.15) is 13.8 Å². The average molecular weight is 204 g/mol. The van der Waals surface area contributed by atoms with Gasteiger partial charge in [0.05, 0.1) is 6.10 Å². The number of hydrogen-bond donors (Lipinski definition) is 3. The first-order valence-corrected chi connectivity index (χ1v) is 3.94. The Morgan fingerprint density at radius 2 is 2.00 bits per heavy atom. The lowest BCUT2D eigenvalue weighted by atomic mass is 10.1. The van der Waals surface area contributed by atoms with E-state index in [2.05, 4.69) is 4.98 Å². The molecule has 14 heavy (non-hydrogen) atoms. The summed E-state index contributed by atoms with van der Waals surface area (Å²) in [5.74, 6) is -2.13. The van der Waals surface area contributed by atoms with Crippen LogP contribution in [0.1, 0.15) is 11.7 Å². The van der Waals surface area contributed by atoms with Crippen LogP contribution in [0.5, 0.6) is 0 Å². The Labute approximate surface area is 79.0 Å². The summed E-state index contributed by atoms with van der Waals surface area (Å²) in [5, 5.41) is 18.4. The third kappa shape index (κ3) is 2.22. The zero-order valence-electron chi connectivity index (χ0n) is 7.19. The number of halogens is 2. The predicted molar refractivity (Wildman–Crippen MR) is 44.2 cm³/mol. The van der Waals surface area contributed by atoms with Crippen LogP contribution in [-0.2, 0) is 0 Å². The molecule has 6 heteroatoms. The summed E-state index contributed by atoms with van der Waals surface area (Å²) >= 11 is 0. The number of aromatic nitrogens is 1. The first-order chi connectivity index (χ1) is 6.56. The number of aliphatic hydroxyl groups is 2. The van der Waals surface area contributed by atoms with Crippen molar-refractivity contribution in [3.05, 3.63) is 29.6 Å². The molecule has 0 fully saturated rings. The van der Waals surface area contributed by atoms with E-state index in [1.165, 1.54) is 0 Å². The lowest BCUT2D eigenvalue weighted by Gasteiger charge is -2.16. The van der Waals surface area contributed by atoms with Gasteiger partial charge < -0.3 is 15.9 Å². The van der Waals surface area contributed by atoms with Crippen LogP contribution in [0.3, 0.4) is 0 Å². The highest BCUT2D eigenvalue weighted by atomic mass is 19.1. The maximum atomic E-state index is 12.9. The molecule has 0 aliphatic rings. The summed E-state index contributed by atoms with van der Waals surface area (Å²) in [5.41, 5.74) is 4.79. The molecule has 1 rings (SSSR count). The Kier molecular flexibility index (Phi) is 3.45. The van der Waals surface area contributed by atoms with Gasteiger partial charge in [0.1, 0.15) is 6.10 Å². The number of pyridine rings is 1. The second-order valence-corrected chi connectivity index (χ2v) is 2.76. The van der Waals surface area contributed by atoms with Crippen molar-refractivity contribution >= 4 is 0 Å². The van der Waals surface area contributed by atoms with Gasteiger partial charge in [0.25, 0.3) is 0 Å². The first kappa shape index (κ1) is 11.0. The number of aliphatic hydroxyl groups excluding tert-OH is 2. The van der Waals surface area contributed by atoms with E-state index in [4.69, 9.17) is 10.8 Å². The third-order valence-electron chi connectivity index (χ3n) is 1.77. The van der Waals surface area contributed by atoms with Gasteiger partial charge >= 0.3 is 0 Å². The molecule has 0 saturated carbocycles. The van der Waals surface area contributed by atoms with Gasteiger partial charge in [-0.05, 0) is 12.1 Å². The molecule has 2 atom stereocenters. The van der Waals surface area contributed by atoms with Crippen LogP contribution in [0.2, 0.25) is 0 Å². The van der Waals surface area contributed by atoms with Crippen LogP contribution in [-0.4, -0.2) is 27.8 Å². The topological polar surface area (TPSA) is 79.4 Å². The van der Waals surface area contributed by atoms with Gasteiger partial charge in [-0.25, -0.2) is 0 Å². The molecule has 0 bridgehead atoms. The van der Waals surface area contributed by atoms with E-state index in [-0.39, 0.29) is 12.1 Å². The largest absolute Gasteiger partial charge is 0.389 e. The van der Waals surface area contributed by atoms with Crippen LogP contribution in [0.4, 0.5) is 8.78 Å². The zero-order chi connectivity index (χ0) is 10.7. The van der Waals surface area contributed by atoms with Crippen LogP contribution < -0.4 is 5.73 Å². The Bertz CT molecular complexity index is 322. The van der Waals surface area contributed by atoms with Crippen molar-refractivity contribution in [2.24, 2.45) is 5.73 Å². The zero-order valence-corrected chi connectivity index (χ0v) is 7.19. The van der Waals surface area contributed by atoms with E-state index in [1.54, 1.807) is 0 Å². The summed E-state index contributed by atoms with van der Waals surface area (Å²) in [4.78, 5) is 2.87. The fraction of sp³-hybridized carbons (Fsp3) is 0.375. The molecule has 4 nitrogen and oxygen atoms in total. The van der Waals surface area contributed by atoms with E-state index >= 15 is 0 Å². The molecule has 1 aromatic heterocycles. The highest BCUT2D eigenvalue weighted by Crippen LogP contribution is 2.18. The molecule has 0 aliphatic carbocycles. The molecule has 1 aromatic rings. The molecule has 0 spiro atoms. The molecule has 0 aromatic carbocycles. The molecular formula is C8H10F2N2O2. The normalized spacial score (nSPS) is 15.2. The standard InChI is InChI=1S/C8H10F2N2O2/c9-6-2-1-4(8(10)12-6)7(14)5(13)3-11/h1-2,5,7,13-14H,3,11H2. The highest BCUT2D eigenvalue weighted by Gasteiger charge is 2.21. The van der Waals surface area contributed by atoms with E-state index in [9.17, 15) is 13.9 Å². The van der Waals surface area contributed by atoms with Gasteiger partial charge in [-0.3, -0.25) is 0 Å². The monoisotopic (exact) mass is 204 g/mol. The molecule has 0 radical (unpaired) electrons. The molecule has 0 saturated heterocycles. The third-order valence-corrected chi connectivity index (χ3v) is 1.77. The molecule has 78 valence electrons. The van der Waals surface area contributed by atoms with Crippen LogP contribution in [0.25, 0.3) is 0 Å². The minimum Gasteiger partial charge on any atom is -0.389 e. The fourth-order valence-electron chi connectivity index (χ4n) is 0.980. The Hall–Kier alpha value is -1.11. The van der Waals surface area contributed by atoms with E-state index < -0.39 is 24.1 Å². The lowest BCUT2D eigenvalue weighted by molar-refractivity contribution is 0.0216. The van der Waals surface area contributed by atoms with Gasteiger partial charge in [0.2, 0.25) is 11.9 Å². The minimum atomic E-state index is -1.49. The second-order valence-electron chi connectivity index (χ2n) is 2.76. The van der Waals surface area contributed by atoms with Crippen LogP contribution in [0.15, 0.2) is 12.1 Å². The number of rotatable bonds is 3. The molecular weight excluding hydrogens is 194 g/mol. The summed E-state index contributed by atoms with van der Waals surface area (Å²) in [6, 6.07) is 1.91. The fourth-order valence-corrected chi connectivity index (χ4v) is 0.980. The van der Waals surface area contributed by atoms with E-state index in [0.717, 1.165) is 12.1 Å². The maximum absolute atomic E-state index is 12.9. The van der Waals surface area contributed by atoms with Crippen molar-refractivity contribution in [2.75, 3.05) is 6.54 Å². The SMILES string of the molecule is NCC(O)C(O)c1ccc(F)nc1F. The quantitative estimate of drug-likeness (QED) is 0.591. The van der Waals surface area contributed by atoms with Crippen molar-refractivity contribution in [1.29, 1.82) is 0 Å². The predicted octanol–water partition coefficient (Wildman–Crippen LogP) is -0.287. The summed E-state index contributed by atoms with van der Waals surface area (Å²) < 4.78 is 25.3. The van der Waals surface area contributed by atoms with Crippen LogP contribution in [0, 0.1) is 11.9 Å². The van der Waals surface area contributed by atoms with Crippen molar-refractivity contribution in [1.82, 2.24) is 4.98 Å². The molecule has 0 aliphatic heterocycles. The number of nitrogens with two attached hydrogens (primary N) is 1. The molecule has 0 amide bonds. The average Bonchev–Trinajstić information content (AvgIpc) is 2.15. The summed E-state index contributed by atoms with van der Waals surface area (Å²) in [6.07, 6.45) is -2.79. The Morgan fingerprint density at radius 3 is 2.50 bits per heavy atom. The van der Waals surface area contributed by atoms with Crippen molar-refractivity contribution < 1.29 is 19.0 Å². The van der Waals surface area contributed by atoms with Gasteiger partial charge in [0.15, 0.2) is 0 Å². The minimum absolute atomic E-state index is 0.224. The van der Waals surface area contributed by atoms with Crippen molar-refractivity contribution in [2.45, 2.75) is 12.2 Å². The lowest BCUT2D eigenvalue weighted by Crippen LogP contribution is -2.28. The number of hydrogen-bond acceptors (Lipinski definition) is 4. The van der Waals surface area contributed by atoms with Gasteiger partial charge in [-0.1, -0.05) is 0 Å². The number of nitrogens with zero attached hydrogens (tertiary/aromatic N) is 1. The first-order valence-electron chi connectivity index (χ1n) is 3.94. The summed E-state index contributed by atoms with van der Waals surface area (Å²) in [6.45, 7) is -0.224. The molecule has 4 N–H and O–H groups in total. The van der Waals surface area contributed by atoms with Crippen molar-refractivity contribution in [3.63, 3.8) is 0 Å². The Morgan fingerprint density at radius 1 is 1.36 bits per heavy atom. The Balaban J connectivity index is 2.95. The molecule has 1 heterocycles. The van der Waals surface area contributed by atoms with E-state index in [0.29, 0.717) is 0 Å². The highest BCUT2D eigenvalue weighted by molar-refractivity contribution is 5.15. The summed E-state index contributed by atoms with van der Waals surface area (Å²) in [7, 11) is 0.